The van der Waals surface area contributed by atoms with Crippen LogP contribution in [0.25, 0.3) is 6.08 Å². The number of hydrogen-bond acceptors (Lipinski definition) is 10. The average Bonchev–Trinajstić information content (AvgIpc) is 3.45. The van der Waals surface area contributed by atoms with E-state index in [-0.39, 0.29) is 0 Å². The van der Waals surface area contributed by atoms with Crippen LogP contribution in [0, 0.1) is 11.8 Å². The predicted molar refractivity (Wildman–Crippen MR) is 131 cm³/mol. The molecular weight excluding hydrogens is 484 g/mol. The van der Waals surface area contributed by atoms with Gasteiger partial charge in [-0.2, -0.15) is 0 Å². The molecule has 0 spiro atoms. The molecule has 2 aromatic carbocycles. The molecule has 2 unspecified atom stereocenters. The molecule has 1 saturated heterocycles. The molecule has 2 aliphatic rings. The monoisotopic (exact) mass is 514 g/mol. The fourth-order valence-electron chi connectivity index (χ4n) is 5.25. The Morgan fingerprint density at radius 1 is 0.757 bits per heavy atom. The summed E-state index contributed by atoms with van der Waals surface area (Å²) in [5, 5.41) is 0. The van der Waals surface area contributed by atoms with Crippen LogP contribution in [0.2, 0.25) is 0 Å². The molecule has 2 aromatic rings. The first-order valence-corrected chi connectivity index (χ1v) is 11.4. The molecule has 198 valence electrons. The highest BCUT2D eigenvalue weighted by Gasteiger charge is 2.67. The number of carbonyl (C=O) groups is 2. The van der Waals surface area contributed by atoms with Gasteiger partial charge < -0.3 is 37.9 Å². The maximum Gasteiger partial charge on any atom is 0.313 e. The largest absolute Gasteiger partial charge is 0.493 e. The fourth-order valence-corrected chi connectivity index (χ4v) is 5.25. The minimum Gasteiger partial charge on any atom is -0.493 e. The molecule has 0 amide bonds. The van der Waals surface area contributed by atoms with Crippen molar-refractivity contribution in [3.05, 3.63) is 47.0 Å². The molecule has 0 aromatic heterocycles. The number of methoxy groups -OCH3 is 7. The van der Waals surface area contributed by atoms with Crippen molar-refractivity contribution in [1.29, 1.82) is 0 Å². The molecule has 2 aliphatic heterocycles. The zero-order valence-corrected chi connectivity index (χ0v) is 21.8. The van der Waals surface area contributed by atoms with Crippen molar-refractivity contribution >= 4 is 18.0 Å². The average molecular weight is 515 g/mol. The smallest absolute Gasteiger partial charge is 0.313 e. The van der Waals surface area contributed by atoms with Gasteiger partial charge in [-0.25, -0.2) is 0 Å². The minimum absolute atomic E-state index is 0.443. The molecule has 2 heterocycles. The number of carbonyl (C=O) groups excluding carboxylic acids is 2. The van der Waals surface area contributed by atoms with E-state index < -0.39 is 35.5 Å². The van der Waals surface area contributed by atoms with Gasteiger partial charge in [0.15, 0.2) is 23.0 Å². The van der Waals surface area contributed by atoms with Gasteiger partial charge >= 0.3 is 11.9 Å². The third-order valence-electron chi connectivity index (χ3n) is 6.89. The second-order valence-corrected chi connectivity index (χ2v) is 8.47. The van der Waals surface area contributed by atoms with E-state index in [4.69, 9.17) is 37.9 Å². The van der Waals surface area contributed by atoms with E-state index in [9.17, 15) is 9.59 Å². The molecule has 10 nitrogen and oxygen atoms in total. The summed E-state index contributed by atoms with van der Waals surface area (Å²) in [7, 11) is 10.2. The van der Waals surface area contributed by atoms with Gasteiger partial charge in [-0.15, -0.1) is 0 Å². The Hall–Kier alpha value is -3.92. The second kappa shape index (κ2) is 10.2. The zero-order chi connectivity index (χ0) is 26.9. The SMILES string of the molecule is COC(=O)C1C(C(=O)OC)[C@@]2(/C=C/c3cc(OC)c(OC)c(OC)c3)O[C@@H]1c1cc(OC)c(OC)cc12. The molecule has 4 rings (SSSR count). The normalized spacial score (nSPS) is 23.4. The Kier molecular flexibility index (Phi) is 7.22. The standard InChI is InChI=1S/C27H30O10/c1-30-17-12-15-16(13-18(17)31-2)27(22(26(29)36-7)21(23(15)37-27)25(28)35-6)9-8-14-10-19(32-3)24(34-5)20(11-14)33-4/h8-13,21-23H,1-7H3/b9-8+/t21?,22?,23-,27+/m1/s1. The molecular formula is C27H30O10. The van der Waals surface area contributed by atoms with Crippen LogP contribution in [0.15, 0.2) is 30.3 Å². The highest BCUT2D eigenvalue weighted by molar-refractivity contribution is 5.87. The van der Waals surface area contributed by atoms with Crippen LogP contribution in [0.1, 0.15) is 22.8 Å². The van der Waals surface area contributed by atoms with E-state index >= 15 is 0 Å². The Morgan fingerprint density at radius 2 is 1.32 bits per heavy atom. The summed E-state index contributed by atoms with van der Waals surface area (Å²) in [5.41, 5.74) is 0.687. The van der Waals surface area contributed by atoms with Gasteiger partial charge in [0.2, 0.25) is 5.75 Å². The van der Waals surface area contributed by atoms with Gasteiger partial charge in [-0.1, -0.05) is 6.08 Å². The van der Waals surface area contributed by atoms with Crippen molar-refractivity contribution in [1.82, 2.24) is 0 Å². The highest BCUT2D eigenvalue weighted by atomic mass is 16.6. The van der Waals surface area contributed by atoms with Crippen LogP contribution in [0.3, 0.4) is 0 Å². The zero-order valence-electron chi connectivity index (χ0n) is 21.8. The van der Waals surface area contributed by atoms with Crippen LogP contribution >= 0.6 is 0 Å². The van der Waals surface area contributed by atoms with Gasteiger partial charge in [0, 0.05) is 0 Å². The quantitative estimate of drug-likeness (QED) is 0.463. The number of hydrogen-bond donors (Lipinski definition) is 0. The third-order valence-corrected chi connectivity index (χ3v) is 6.89. The summed E-state index contributed by atoms with van der Waals surface area (Å²) in [6.07, 6.45) is 2.74. The Bertz CT molecular complexity index is 1210. The number of fused-ring (bicyclic) bond motifs is 5. The lowest BCUT2D eigenvalue weighted by Crippen LogP contribution is -2.43. The van der Waals surface area contributed by atoms with Crippen LogP contribution in [0.5, 0.6) is 28.7 Å². The maximum atomic E-state index is 13.2. The third kappa shape index (κ3) is 4.01. The number of esters is 2. The van der Waals surface area contributed by atoms with E-state index in [0.717, 1.165) is 0 Å². The molecule has 0 N–H and O–H groups in total. The summed E-state index contributed by atoms with van der Waals surface area (Å²) in [5.74, 6) is -0.851. The number of rotatable bonds is 9. The summed E-state index contributed by atoms with van der Waals surface area (Å²) in [6, 6.07) is 7.04. The molecule has 10 heteroatoms. The molecule has 0 saturated carbocycles. The molecule has 0 radical (unpaired) electrons. The molecule has 2 bridgehead atoms. The molecule has 4 atom stereocenters. The first-order chi connectivity index (χ1) is 17.8. The van der Waals surface area contributed by atoms with Gasteiger partial charge in [-0.3, -0.25) is 9.59 Å². The topological polar surface area (TPSA) is 108 Å². The summed E-state index contributed by atoms with van der Waals surface area (Å²) in [4.78, 5) is 26.1. The van der Waals surface area contributed by atoms with E-state index in [1.54, 1.807) is 36.4 Å². The van der Waals surface area contributed by atoms with Crippen LogP contribution in [-0.2, 0) is 29.4 Å². The lowest BCUT2D eigenvalue weighted by Gasteiger charge is -2.33. The fraction of sp³-hybridized carbons (Fsp3) is 0.407. The van der Waals surface area contributed by atoms with Gasteiger partial charge in [-0.05, 0) is 47.0 Å². The van der Waals surface area contributed by atoms with Crippen LogP contribution in [-0.4, -0.2) is 61.7 Å². The van der Waals surface area contributed by atoms with Gasteiger partial charge in [0.05, 0.1) is 55.9 Å². The Morgan fingerprint density at radius 3 is 1.84 bits per heavy atom. The van der Waals surface area contributed by atoms with Crippen molar-refractivity contribution < 1.29 is 47.5 Å². The van der Waals surface area contributed by atoms with Crippen molar-refractivity contribution in [2.24, 2.45) is 11.8 Å². The number of ether oxygens (including phenoxy) is 8. The second-order valence-electron chi connectivity index (χ2n) is 8.47. The molecule has 37 heavy (non-hydrogen) atoms. The lowest BCUT2D eigenvalue weighted by molar-refractivity contribution is -0.158. The maximum absolute atomic E-state index is 13.2. The van der Waals surface area contributed by atoms with E-state index in [1.807, 2.05) is 0 Å². The van der Waals surface area contributed by atoms with E-state index in [2.05, 4.69) is 0 Å². The lowest BCUT2D eigenvalue weighted by atomic mass is 9.68. The summed E-state index contributed by atoms with van der Waals surface area (Å²) < 4.78 is 44.0. The summed E-state index contributed by atoms with van der Waals surface area (Å²) in [6.45, 7) is 0. The highest BCUT2D eigenvalue weighted by Crippen LogP contribution is 2.63. The molecule has 1 fully saturated rings. The van der Waals surface area contributed by atoms with Crippen molar-refractivity contribution in [3.63, 3.8) is 0 Å². The Balaban J connectivity index is 1.94. The minimum atomic E-state index is -1.36. The van der Waals surface area contributed by atoms with Gasteiger partial charge in [0.1, 0.15) is 17.4 Å². The van der Waals surface area contributed by atoms with Crippen molar-refractivity contribution in [2.45, 2.75) is 11.7 Å². The van der Waals surface area contributed by atoms with Gasteiger partial charge in [0.25, 0.3) is 0 Å². The Labute approximate surface area is 214 Å². The summed E-state index contributed by atoms with van der Waals surface area (Å²) >= 11 is 0. The molecule has 0 aliphatic carbocycles. The van der Waals surface area contributed by atoms with E-state index in [0.29, 0.717) is 45.4 Å². The first kappa shape index (κ1) is 26.2. The van der Waals surface area contributed by atoms with Crippen molar-refractivity contribution in [2.75, 3.05) is 49.8 Å². The first-order valence-electron chi connectivity index (χ1n) is 11.4. The number of benzene rings is 2. The van der Waals surface area contributed by atoms with E-state index in [1.165, 1.54) is 49.8 Å². The van der Waals surface area contributed by atoms with Crippen molar-refractivity contribution in [3.8, 4) is 28.7 Å². The predicted octanol–water partition coefficient (Wildman–Crippen LogP) is 3.30. The van der Waals surface area contributed by atoms with Crippen LogP contribution < -0.4 is 23.7 Å². The van der Waals surface area contributed by atoms with Crippen LogP contribution in [0.4, 0.5) is 0 Å².